The van der Waals surface area contributed by atoms with Gasteiger partial charge in [-0.15, -0.1) is 0 Å². The predicted molar refractivity (Wildman–Crippen MR) is 84.3 cm³/mol. The zero-order valence-corrected chi connectivity index (χ0v) is 13.1. The highest BCUT2D eigenvalue weighted by Crippen LogP contribution is 2.17. The van der Waals surface area contributed by atoms with Crippen molar-refractivity contribution in [2.24, 2.45) is 0 Å². The Labute approximate surface area is 128 Å². The van der Waals surface area contributed by atoms with E-state index in [0.29, 0.717) is 12.6 Å². The summed E-state index contributed by atoms with van der Waals surface area (Å²) in [6.07, 6.45) is 7.58. The van der Waals surface area contributed by atoms with Crippen LogP contribution in [0.1, 0.15) is 38.5 Å². The Bertz CT molecular complexity index is 329. The molecule has 2 aliphatic heterocycles. The summed E-state index contributed by atoms with van der Waals surface area (Å²) in [6.45, 7) is 7.17. The second-order valence-electron chi connectivity index (χ2n) is 6.88. The highest BCUT2D eigenvalue weighted by atomic mass is 16.2. The van der Waals surface area contributed by atoms with Crippen LogP contribution in [0.2, 0.25) is 0 Å². The molecule has 0 radical (unpaired) electrons. The van der Waals surface area contributed by atoms with Crippen LogP contribution in [0.25, 0.3) is 0 Å². The minimum absolute atomic E-state index is 0.237. The lowest BCUT2D eigenvalue weighted by Crippen LogP contribution is -2.62. The fourth-order valence-corrected chi connectivity index (χ4v) is 3.72. The third kappa shape index (κ3) is 4.41. The number of piperazine rings is 1. The first-order valence-corrected chi connectivity index (χ1v) is 8.78. The lowest BCUT2D eigenvalue weighted by atomic mass is 10.1. The number of hydrogen-bond acceptors (Lipinski definition) is 4. The van der Waals surface area contributed by atoms with E-state index in [9.17, 15) is 4.79 Å². The molecular weight excluding hydrogens is 264 g/mol. The Hall–Kier alpha value is -0.650. The van der Waals surface area contributed by atoms with Crippen LogP contribution >= 0.6 is 0 Å². The van der Waals surface area contributed by atoms with Gasteiger partial charge in [0.1, 0.15) is 0 Å². The average molecular weight is 294 g/mol. The van der Waals surface area contributed by atoms with Gasteiger partial charge in [0.15, 0.2) is 0 Å². The van der Waals surface area contributed by atoms with E-state index in [1.807, 2.05) is 0 Å². The Morgan fingerprint density at radius 2 is 1.67 bits per heavy atom. The predicted octanol–water partition coefficient (Wildman–Crippen LogP) is 0.415. The summed E-state index contributed by atoms with van der Waals surface area (Å²) in [6, 6.07) is 1.18. The summed E-state index contributed by atoms with van der Waals surface area (Å²) < 4.78 is 0. The van der Waals surface area contributed by atoms with E-state index >= 15 is 0 Å². The molecule has 2 saturated heterocycles. The van der Waals surface area contributed by atoms with Gasteiger partial charge in [0, 0.05) is 51.4 Å². The van der Waals surface area contributed by atoms with Gasteiger partial charge in [-0.1, -0.05) is 25.7 Å². The maximum Gasteiger partial charge on any atom is 0.234 e. The van der Waals surface area contributed by atoms with Crippen LogP contribution in [0, 0.1) is 0 Å². The standard InChI is InChI=1S/C16H30N4O/c21-16(18-14-5-3-1-2-4-6-14)13-19-7-9-20(10-8-19)15-11-17-12-15/h14-15,17H,1-13H2,(H,18,21). The van der Waals surface area contributed by atoms with Crippen LogP contribution in [-0.4, -0.2) is 73.6 Å². The summed E-state index contributed by atoms with van der Waals surface area (Å²) in [5.41, 5.74) is 0. The van der Waals surface area contributed by atoms with E-state index in [1.54, 1.807) is 0 Å². The molecular formula is C16H30N4O. The second kappa shape index (κ2) is 7.56. The van der Waals surface area contributed by atoms with Gasteiger partial charge in [0.2, 0.25) is 5.91 Å². The molecule has 0 aromatic rings. The van der Waals surface area contributed by atoms with Crippen LogP contribution in [0.4, 0.5) is 0 Å². The Morgan fingerprint density at radius 1 is 1.00 bits per heavy atom. The molecule has 0 spiro atoms. The molecule has 0 aromatic heterocycles. The van der Waals surface area contributed by atoms with Crippen molar-refractivity contribution in [3.63, 3.8) is 0 Å². The largest absolute Gasteiger partial charge is 0.352 e. The summed E-state index contributed by atoms with van der Waals surface area (Å²) in [7, 11) is 0. The van der Waals surface area contributed by atoms with Crippen molar-refractivity contribution >= 4 is 5.91 Å². The minimum atomic E-state index is 0.237. The molecule has 0 unspecified atom stereocenters. The fourth-order valence-electron chi connectivity index (χ4n) is 3.72. The molecule has 0 atom stereocenters. The van der Waals surface area contributed by atoms with Gasteiger partial charge in [-0.25, -0.2) is 0 Å². The third-order valence-electron chi connectivity index (χ3n) is 5.27. The number of amides is 1. The van der Waals surface area contributed by atoms with Crippen molar-refractivity contribution in [1.82, 2.24) is 20.4 Å². The first-order chi connectivity index (χ1) is 10.3. The summed E-state index contributed by atoms with van der Waals surface area (Å²) in [4.78, 5) is 17.1. The van der Waals surface area contributed by atoms with Gasteiger partial charge in [-0.2, -0.15) is 0 Å². The van der Waals surface area contributed by atoms with E-state index in [2.05, 4.69) is 20.4 Å². The van der Waals surface area contributed by atoms with Crippen LogP contribution in [0.15, 0.2) is 0 Å². The average Bonchev–Trinajstić information content (AvgIpc) is 2.67. The number of nitrogens with zero attached hydrogens (tertiary/aromatic N) is 2. The molecule has 1 aliphatic carbocycles. The molecule has 120 valence electrons. The Morgan fingerprint density at radius 3 is 2.24 bits per heavy atom. The van der Waals surface area contributed by atoms with E-state index in [1.165, 1.54) is 38.5 Å². The van der Waals surface area contributed by atoms with Crippen molar-refractivity contribution in [3.05, 3.63) is 0 Å². The lowest BCUT2D eigenvalue weighted by Gasteiger charge is -2.43. The first-order valence-electron chi connectivity index (χ1n) is 8.78. The molecule has 0 bridgehead atoms. The molecule has 2 heterocycles. The number of hydrogen-bond donors (Lipinski definition) is 2. The quantitative estimate of drug-likeness (QED) is 0.738. The van der Waals surface area contributed by atoms with Gasteiger partial charge < -0.3 is 10.6 Å². The van der Waals surface area contributed by atoms with Gasteiger partial charge in [-0.05, 0) is 12.8 Å². The molecule has 3 fully saturated rings. The molecule has 2 N–H and O–H groups in total. The summed E-state index contributed by atoms with van der Waals surface area (Å²) >= 11 is 0. The van der Waals surface area contributed by atoms with E-state index < -0.39 is 0 Å². The van der Waals surface area contributed by atoms with Crippen molar-refractivity contribution < 1.29 is 4.79 Å². The smallest absolute Gasteiger partial charge is 0.234 e. The van der Waals surface area contributed by atoms with Gasteiger partial charge in [-0.3, -0.25) is 14.6 Å². The van der Waals surface area contributed by atoms with Crippen molar-refractivity contribution in [3.8, 4) is 0 Å². The number of carbonyl (C=O) groups is 1. The third-order valence-corrected chi connectivity index (χ3v) is 5.27. The van der Waals surface area contributed by atoms with Crippen molar-refractivity contribution in [2.45, 2.75) is 50.6 Å². The molecule has 1 saturated carbocycles. The molecule has 5 heteroatoms. The SMILES string of the molecule is O=C(CN1CCN(C2CNC2)CC1)NC1CCCCCC1. The van der Waals surface area contributed by atoms with Crippen LogP contribution in [-0.2, 0) is 4.79 Å². The van der Waals surface area contributed by atoms with Crippen molar-refractivity contribution in [1.29, 1.82) is 0 Å². The molecule has 0 aromatic carbocycles. The topological polar surface area (TPSA) is 47.6 Å². The van der Waals surface area contributed by atoms with E-state index in [0.717, 1.165) is 45.3 Å². The zero-order chi connectivity index (χ0) is 14.5. The van der Waals surface area contributed by atoms with Crippen LogP contribution < -0.4 is 10.6 Å². The summed E-state index contributed by atoms with van der Waals surface area (Å²) in [5, 5.41) is 6.59. The lowest BCUT2D eigenvalue weighted by molar-refractivity contribution is -0.123. The highest BCUT2D eigenvalue weighted by molar-refractivity contribution is 5.78. The Balaban J connectivity index is 1.35. The monoisotopic (exact) mass is 294 g/mol. The second-order valence-corrected chi connectivity index (χ2v) is 6.88. The number of nitrogens with one attached hydrogen (secondary N) is 2. The van der Waals surface area contributed by atoms with Gasteiger partial charge in [0.05, 0.1) is 6.54 Å². The fraction of sp³-hybridized carbons (Fsp3) is 0.938. The normalized spacial score (nSPS) is 27.0. The minimum Gasteiger partial charge on any atom is -0.352 e. The van der Waals surface area contributed by atoms with Crippen molar-refractivity contribution in [2.75, 3.05) is 45.8 Å². The zero-order valence-electron chi connectivity index (χ0n) is 13.1. The Kier molecular flexibility index (Phi) is 5.49. The molecule has 5 nitrogen and oxygen atoms in total. The maximum absolute atomic E-state index is 12.2. The first kappa shape index (κ1) is 15.3. The molecule has 3 rings (SSSR count). The molecule has 3 aliphatic rings. The summed E-state index contributed by atoms with van der Waals surface area (Å²) in [5.74, 6) is 0.237. The van der Waals surface area contributed by atoms with Crippen LogP contribution in [0.5, 0.6) is 0 Å². The molecule has 21 heavy (non-hydrogen) atoms. The van der Waals surface area contributed by atoms with Gasteiger partial charge >= 0.3 is 0 Å². The van der Waals surface area contributed by atoms with Crippen LogP contribution in [0.3, 0.4) is 0 Å². The van der Waals surface area contributed by atoms with E-state index in [4.69, 9.17) is 0 Å². The maximum atomic E-state index is 12.2. The number of rotatable bonds is 4. The molecule has 1 amide bonds. The number of carbonyl (C=O) groups excluding carboxylic acids is 1. The highest BCUT2D eigenvalue weighted by Gasteiger charge is 2.28. The van der Waals surface area contributed by atoms with E-state index in [-0.39, 0.29) is 5.91 Å². The van der Waals surface area contributed by atoms with Gasteiger partial charge in [0.25, 0.3) is 0 Å².